The normalized spacial score (nSPS) is 13.7. The van der Waals surface area contributed by atoms with Crippen LogP contribution >= 0.6 is 27.5 Å². The summed E-state index contributed by atoms with van der Waals surface area (Å²) < 4.78 is 8.02. The highest BCUT2D eigenvalue weighted by Gasteiger charge is 2.15. The molecule has 0 fully saturated rings. The van der Waals surface area contributed by atoms with Gasteiger partial charge in [0.05, 0.1) is 28.2 Å². The lowest BCUT2D eigenvalue weighted by atomic mass is 10.1. The smallest absolute Gasteiger partial charge is 0.282 e. The number of ether oxygens (including phenoxy) is 1. The molecule has 0 aliphatic rings. The number of benzene rings is 2. The van der Waals surface area contributed by atoms with Gasteiger partial charge in [-0.2, -0.15) is 9.78 Å². The second-order valence-corrected chi connectivity index (χ2v) is 8.65. The molecule has 0 saturated heterocycles. The fourth-order valence-corrected chi connectivity index (χ4v) is 3.49. The molecule has 0 unspecified atom stereocenters. The molecule has 0 radical (unpaired) electrons. The van der Waals surface area contributed by atoms with E-state index in [1.165, 1.54) is 4.68 Å². The number of aromatic nitrogens is 2. The minimum Gasteiger partial charge on any atom is -0.489 e. The summed E-state index contributed by atoms with van der Waals surface area (Å²) in [6.45, 7) is 8.16. The van der Waals surface area contributed by atoms with Crippen molar-refractivity contribution in [2.45, 2.75) is 52.6 Å². The Balaban J connectivity index is 2.04. The van der Waals surface area contributed by atoms with Gasteiger partial charge < -0.3 is 4.74 Å². The topological polar surface area (TPSA) is 56.5 Å². The Labute approximate surface area is 189 Å². The van der Waals surface area contributed by atoms with Crippen LogP contribution in [0.1, 0.15) is 57.8 Å². The zero-order chi connectivity index (χ0) is 21.8. The van der Waals surface area contributed by atoms with E-state index in [-0.39, 0.29) is 17.6 Å². The van der Waals surface area contributed by atoms with Gasteiger partial charge in [-0.1, -0.05) is 48.3 Å². The van der Waals surface area contributed by atoms with Crippen molar-refractivity contribution in [2.24, 2.45) is 5.10 Å². The van der Waals surface area contributed by atoms with Gasteiger partial charge in [0.1, 0.15) is 11.6 Å². The van der Waals surface area contributed by atoms with E-state index in [1.807, 2.05) is 38.1 Å². The van der Waals surface area contributed by atoms with Gasteiger partial charge in [-0.3, -0.25) is 4.79 Å². The first-order valence-corrected chi connectivity index (χ1v) is 11.2. The van der Waals surface area contributed by atoms with Crippen LogP contribution in [0.5, 0.6) is 5.75 Å². The Kier molecular flexibility index (Phi) is 7.32. The molecule has 3 rings (SSSR count). The Morgan fingerprint density at radius 2 is 1.97 bits per heavy atom. The van der Waals surface area contributed by atoms with E-state index in [4.69, 9.17) is 21.3 Å². The summed E-state index contributed by atoms with van der Waals surface area (Å²) in [5.41, 5.74) is 1.24. The number of fused-ring (bicyclic) bond motifs is 1. The van der Waals surface area contributed by atoms with Crippen molar-refractivity contribution in [3.63, 3.8) is 0 Å². The summed E-state index contributed by atoms with van der Waals surface area (Å²) in [6, 6.07) is 11.0. The SMILES string of the molecule is CC[C@H](C)Oc1ccc(C=Nn2c([C@@H](C)CC)nc3ccc(Br)cc3c2=O)cc1Cl. The lowest BCUT2D eigenvalue weighted by Gasteiger charge is -2.14. The third kappa shape index (κ3) is 4.93. The van der Waals surface area contributed by atoms with Crippen LogP contribution in [0.25, 0.3) is 10.9 Å². The minimum atomic E-state index is -0.198. The fourth-order valence-electron chi connectivity index (χ4n) is 2.90. The number of hydrogen-bond donors (Lipinski definition) is 0. The summed E-state index contributed by atoms with van der Waals surface area (Å²) in [4.78, 5) is 17.9. The van der Waals surface area contributed by atoms with Gasteiger partial charge in [-0.15, -0.1) is 0 Å². The van der Waals surface area contributed by atoms with Crippen molar-refractivity contribution >= 4 is 44.6 Å². The first-order valence-electron chi connectivity index (χ1n) is 10.1. The summed E-state index contributed by atoms with van der Waals surface area (Å²) in [5.74, 6) is 1.35. The lowest BCUT2D eigenvalue weighted by Crippen LogP contribution is -2.23. The first-order chi connectivity index (χ1) is 14.3. The van der Waals surface area contributed by atoms with Gasteiger partial charge in [-0.25, -0.2) is 4.98 Å². The van der Waals surface area contributed by atoms with E-state index in [0.29, 0.717) is 27.5 Å². The van der Waals surface area contributed by atoms with Gasteiger partial charge in [0.25, 0.3) is 5.56 Å². The predicted molar refractivity (Wildman–Crippen MR) is 127 cm³/mol. The van der Waals surface area contributed by atoms with Crippen LogP contribution in [0.4, 0.5) is 0 Å². The molecule has 1 heterocycles. The zero-order valence-corrected chi connectivity index (χ0v) is 19.9. The van der Waals surface area contributed by atoms with Gasteiger partial charge in [0.2, 0.25) is 0 Å². The van der Waals surface area contributed by atoms with Gasteiger partial charge in [0, 0.05) is 10.4 Å². The average Bonchev–Trinajstić information content (AvgIpc) is 2.74. The molecule has 2 atom stereocenters. The molecule has 5 nitrogen and oxygen atoms in total. The van der Waals surface area contributed by atoms with Gasteiger partial charge in [-0.05, 0) is 61.7 Å². The molecule has 158 valence electrons. The van der Waals surface area contributed by atoms with Crippen molar-refractivity contribution in [1.82, 2.24) is 9.66 Å². The maximum Gasteiger partial charge on any atom is 0.282 e. The molecule has 0 N–H and O–H groups in total. The van der Waals surface area contributed by atoms with Crippen molar-refractivity contribution in [2.75, 3.05) is 0 Å². The summed E-state index contributed by atoms with van der Waals surface area (Å²) in [5, 5.41) is 5.50. The molecule has 0 aliphatic heterocycles. The molecule has 0 aliphatic carbocycles. The Morgan fingerprint density at radius 1 is 1.20 bits per heavy atom. The fraction of sp³-hybridized carbons (Fsp3) is 0.348. The third-order valence-electron chi connectivity index (χ3n) is 5.07. The highest BCUT2D eigenvalue weighted by atomic mass is 79.9. The molecule has 7 heteroatoms. The van der Waals surface area contributed by atoms with E-state index in [0.717, 1.165) is 22.9 Å². The molecule has 1 aromatic heterocycles. The maximum absolute atomic E-state index is 13.2. The predicted octanol–water partition coefficient (Wildman–Crippen LogP) is 6.39. The zero-order valence-electron chi connectivity index (χ0n) is 17.5. The first kappa shape index (κ1) is 22.5. The quantitative estimate of drug-likeness (QED) is 0.361. The largest absolute Gasteiger partial charge is 0.489 e. The second-order valence-electron chi connectivity index (χ2n) is 7.33. The number of nitrogens with zero attached hydrogens (tertiary/aromatic N) is 3. The van der Waals surface area contributed by atoms with E-state index < -0.39 is 0 Å². The summed E-state index contributed by atoms with van der Waals surface area (Å²) in [7, 11) is 0. The Bertz CT molecular complexity index is 1140. The highest BCUT2D eigenvalue weighted by Crippen LogP contribution is 2.26. The Hall–Kier alpha value is -2.18. The molecule has 3 aromatic rings. The van der Waals surface area contributed by atoms with E-state index in [1.54, 1.807) is 18.3 Å². The second kappa shape index (κ2) is 9.75. The van der Waals surface area contributed by atoms with E-state index in [2.05, 4.69) is 34.9 Å². The molecule has 30 heavy (non-hydrogen) atoms. The number of rotatable bonds is 7. The van der Waals surface area contributed by atoms with Crippen LogP contribution in [-0.4, -0.2) is 22.0 Å². The minimum absolute atomic E-state index is 0.0813. The van der Waals surface area contributed by atoms with Crippen molar-refractivity contribution in [3.8, 4) is 5.75 Å². The van der Waals surface area contributed by atoms with E-state index in [9.17, 15) is 4.79 Å². The van der Waals surface area contributed by atoms with Gasteiger partial charge >= 0.3 is 0 Å². The van der Waals surface area contributed by atoms with Crippen LogP contribution < -0.4 is 10.3 Å². The van der Waals surface area contributed by atoms with Crippen molar-refractivity contribution < 1.29 is 4.74 Å². The number of hydrogen-bond acceptors (Lipinski definition) is 4. The lowest BCUT2D eigenvalue weighted by molar-refractivity contribution is 0.217. The van der Waals surface area contributed by atoms with Crippen LogP contribution in [-0.2, 0) is 0 Å². The Morgan fingerprint density at radius 3 is 2.63 bits per heavy atom. The van der Waals surface area contributed by atoms with Crippen LogP contribution in [0, 0.1) is 0 Å². The molecular weight excluding hydrogens is 466 g/mol. The van der Waals surface area contributed by atoms with Crippen molar-refractivity contribution in [1.29, 1.82) is 0 Å². The van der Waals surface area contributed by atoms with E-state index >= 15 is 0 Å². The molecule has 0 spiro atoms. The molecule has 0 amide bonds. The molecule has 2 aromatic carbocycles. The molecular formula is C23H25BrClN3O2. The standard InChI is InChI=1S/C23H25BrClN3O2/c1-5-14(3)22-27-20-9-8-17(24)12-18(20)23(29)28(22)26-13-16-7-10-21(19(25)11-16)30-15(4)6-2/h7-15H,5-6H2,1-4H3/t14-,15-/m0/s1. The van der Waals surface area contributed by atoms with Crippen molar-refractivity contribution in [3.05, 3.63) is 67.6 Å². The highest BCUT2D eigenvalue weighted by molar-refractivity contribution is 9.10. The summed E-state index contributed by atoms with van der Waals surface area (Å²) in [6.07, 6.45) is 3.45. The van der Waals surface area contributed by atoms with Gasteiger partial charge in [0.15, 0.2) is 0 Å². The average molecular weight is 491 g/mol. The number of halogens is 2. The molecule has 0 saturated carbocycles. The maximum atomic E-state index is 13.2. The monoisotopic (exact) mass is 489 g/mol. The van der Waals surface area contributed by atoms with Crippen LogP contribution in [0.15, 0.2) is 50.8 Å². The third-order valence-corrected chi connectivity index (χ3v) is 5.86. The van der Waals surface area contributed by atoms with Crippen LogP contribution in [0.3, 0.4) is 0 Å². The molecule has 0 bridgehead atoms. The van der Waals surface area contributed by atoms with Crippen LogP contribution in [0.2, 0.25) is 5.02 Å². The summed E-state index contributed by atoms with van der Waals surface area (Å²) >= 11 is 9.79.